The van der Waals surface area contributed by atoms with Crippen molar-refractivity contribution < 1.29 is 14.3 Å². The molecule has 1 aromatic heterocycles. The molecule has 1 aromatic carbocycles. The summed E-state index contributed by atoms with van der Waals surface area (Å²) in [5, 5.41) is 17.5. The lowest BCUT2D eigenvalue weighted by Crippen LogP contribution is -2.51. The third-order valence-electron chi connectivity index (χ3n) is 4.56. The molecular formula is C21H33N7O3. The van der Waals surface area contributed by atoms with Gasteiger partial charge in [-0.25, -0.2) is 4.68 Å². The number of benzene rings is 1. The van der Waals surface area contributed by atoms with Gasteiger partial charge in [-0.1, -0.05) is 43.7 Å². The maximum absolute atomic E-state index is 12.5. The highest BCUT2D eigenvalue weighted by Gasteiger charge is 2.28. The number of hydrogen-bond donors (Lipinski definition) is 3. The Hall–Kier alpha value is -2.85. The molecule has 2 amide bonds. The van der Waals surface area contributed by atoms with Crippen molar-refractivity contribution in [3.8, 4) is 0 Å². The first-order valence-electron chi connectivity index (χ1n) is 10.6. The largest absolute Gasteiger partial charge is 0.374 e. The number of amides is 2. The molecular weight excluding hydrogens is 398 g/mol. The van der Waals surface area contributed by atoms with E-state index in [1.165, 1.54) is 4.68 Å². The van der Waals surface area contributed by atoms with Crippen molar-refractivity contribution in [3.05, 3.63) is 41.7 Å². The summed E-state index contributed by atoms with van der Waals surface area (Å²) in [6.45, 7) is 6.77. The molecule has 4 N–H and O–H groups in total. The van der Waals surface area contributed by atoms with Gasteiger partial charge in [-0.05, 0) is 36.3 Å². The lowest BCUT2D eigenvalue weighted by atomic mass is 10.1. The molecule has 0 fully saturated rings. The Morgan fingerprint density at radius 1 is 1.26 bits per heavy atom. The van der Waals surface area contributed by atoms with Gasteiger partial charge in [0, 0.05) is 13.0 Å². The normalized spacial score (nSPS) is 12.4. The summed E-state index contributed by atoms with van der Waals surface area (Å²) in [5.41, 5.74) is 5.87. The van der Waals surface area contributed by atoms with E-state index in [4.69, 9.17) is 10.5 Å². The molecule has 0 spiro atoms. The molecule has 10 nitrogen and oxygen atoms in total. The van der Waals surface area contributed by atoms with Gasteiger partial charge in [0.15, 0.2) is 5.82 Å². The van der Waals surface area contributed by atoms with E-state index in [2.05, 4.69) is 33.1 Å². The zero-order valence-corrected chi connectivity index (χ0v) is 18.5. The number of carbonyl (C=O) groups excluding carboxylic acids is 2. The van der Waals surface area contributed by atoms with Crippen molar-refractivity contribution in [2.75, 3.05) is 13.2 Å². The van der Waals surface area contributed by atoms with E-state index in [1.54, 1.807) is 13.8 Å². The fourth-order valence-electron chi connectivity index (χ4n) is 2.71. The maximum Gasteiger partial charge on any atom is 0.240 e. The Morgan fingerprint density at radius 2 is 2.00 bits per heavy atom. The molecule has 0 bridgehead atoms. The number of aromatic nitrogens is 4. The Labute approximate surface area is 182 Å². The van der Waals surface area contributed by atoms with Gasteiger partial charge >= 0.3 is 0 Å². The Bertz CT molecular complexity index is 818. The van der Waals surface area contributed by atoms with Crippen molar-refractivity contribution in [3.63, 3.8) is 0 Å². The third-order valence-corrected chi connectivity index (χ3v) is 4.56. The molecule has 10 heteroatoms. The molecule has 0 radical (unpaired) electrons. The summed E-state index contributed by atoms with van der Waals surface area (Å²) in [7, 11) is 0. The first-order chi connectivity index (χ1) is 14.8. The fourth-order valence-corrected chi connectivity index (χ4v) is 2.71. The second-order valence-electron chi connectivity index (χ2n) is 7.96. The summed E-state index contributed by atoms with van der Waals surface area (Å²) < 4.78 is 7.34. The molecule has 0 saturated heterocycles. The van der Waals surface area contributed by atoms with Gasteiger partial charge in [0.25, 0.3) is 0 Å². The second kappa shape index (κ2) is 12.1. The molecule has 0 aliphatic rings. The first kappa shape index (κ1) is 24.4. The minimum atomic E-state index is -1.07. The minimum Gasteiger partial charge on any atom is -0.374 e. The average molecular weight is 432 g/mol. The van der Waals surface area contributed by atoms with Gasteiger partial charge in [0.2, 0.25) is 11.8 Å². The number of ether oxygens (including phenoxy) is 1. The molecule has 1 atom stereocenters. The summed E-state index contributed by atoms with van der Waals surface area (Å²) in [6.07, 6.45) is 2.18. The topological polar surface area (TPSA) is 137 Å². The number of unbranched alkanes of at least 4 members (excludes halogenated alkanes) is 1. The molecule has 0 saturated carbocycles. The van der Waals surface area contributed by atoms with Crippen LogP contribution in [0.3, 0.4) is 0 Å². The first-order valence-corrected chi connectivity index (χ1v) is 10.6. The quantitative estimate of drug-likeness (QED) is 0.404. The fraction of sp³-hybridized carbons (Fsp3) is 0.571. The predicted octanol–water partition coefficient (Wildman–Crippen LogP) is 1.09. The molecule has 0 unspecified atom stereocenters. The molecule has 31 heavy (non-hydrogen) atoms. The molecule has 0 aliphatic carbocycles. The molecule has 0 aliphatic heterocycles. The Balaban J connectivity index is 2.04. The van der Waals surface area contributed by atoms with Crippen LogP contribution in [0.4, 0.5) is 0 Å². The Morgan fingerprint density at radius 3 is 2.68 bits per heavy atom. The van der Waals surface area contributed by atoms with Crippen molar-refractivity contribution in [1.82, 2.24) is 30.8 Å². The highest BCUT2D eigenvalue weighted by atomic mass is 16.5. The van der Waals surface area contributed by atoms with Crippen molar-refractivity contribution >= 4 is 11.8 Å². The van der Waals surface area contributed by atoms with E-state index in [0.717, 1.165) is 18.4 Å². The zero-order chi connectivity index (χ0) is 22.7. The number of aryl methyl sites for hydroxylation is 1. The number of nitrogens with zero attached hydrogens (tertiary/aromatic N) is 4. The molecule has 1 heterocycles. The van der Waals surface area contributed by atoms with E-state index in [9.17, 15) is 9.59 Å². The summed E-state index contributed by atoms with van der Waals surface area (Å²) in [5.74, 6) is -0.0152. The minimum absolute atomic E-state index is 0.0705. The van der Waals surface area contributed by atoms with Crippen LogP contribution in [-0.4, -0.2) is 50.7 Å². The smallest absolute Gasteiger partial charge is 0.240 e. The van der Waals surface area contributed by atoms with E-state index in [0.29, 0.717) is 19.0 Å². The van der Waals surface area contributed by atoms with Gasteiger partial charge < -0.3 is 21.1 Å². The molecule has 170 valence electrons. The zero-order valence-electron chi connectivity index (χ0n) is 18.5. The molecule has 2 aromatic rings. The van der Waals surface area contributed by atoms with Crippen LogP contribution in [0.25, 0.3) is 0 Å². The third kappa shape index (κ3) is 8.42. The van der Waals surface area contributed by atoms with E-state index < -0.39 is 11.6 Å². The number of nitrogens with one attached hydrogen (secondary N) is 2. The monoisotopic (exact) mass is 431 g/mol. The van der Waals surface area contributed by atoms with Crippen LogP contribution >= 0.6 is 0 Å². The van der Waals surface area contributed by atoms with Gasteiger partial charge in [-0.3, -0.25) is 9.59 Å². The highest BCUT2D eigenvalue weighted by molar-refractivity contribution is 5.85. The van der Waals surface area contributed by atoms with Gasteiger partial charge in [-0.2, -0.15) is 0 Å². The number of hydrogen-bond acceptors (Lipinski definition) is 7. The van der Waals surface area contributed by atoms with Crippen LogP contribution < -0.4 is 16.4 Å². The summed E-state index contributed by atoms with van der Waals surface area (Å²) in [4.78, 5) is 24.5. The molecule has 2 rings (SSSR count). The number of rotatable bonds is 13. The second-order valence-corrected chi connectivity index (χ2v) is 7.96. The van der Waals surface area contributed by atoms with Crippen LogP contribution in [0.1, 0.15) is 57.5 Å². The van der Waals surface area contributed by atoms with E-state index in [-0.39, 0.29) is 31.4 Å². The van der Waals surface area contributed by atoms with Crippen LogP contribution in [0.2, 0.25) is 0 Å². The number of carbonyl (C=O) groups is 2. The van der Waals surface area contributed by atoms with E-state index >= 15 is 0 Å². The van der Waals surface area contributed by atoms with Crippen molar-refractivity contribution in [2.24, 2.45) is 5.73 Å². The highest BCUT2D eigenvalue weighted by Crippen LogP contribution is 2.13. The van der Waals surface area contributed by atoms with Gasteiger partial charge in [-0.15, -0.1) is 5.10 Å². The van der Waals surface area contributed by atoms with Crippen LogP contribution in [-0.2, 0) is 27.5 Å². The summed E-state index contributed by atoms with van der Waals surface area (Å²) >= 11 is 0. The number of nitrogens with two attached hydrogens (primary N) is 1. The van der Waals surface area contributed by atoms with E-state index in [1.807, 2.05) is 30.3 Å². The summed E-state index contributed by atoms with van der Waals surface area (Å²) in [6, 6.07) is 9.09. The van der Waals surface area contributed by atoms with Crippen molar-refractivity contribution in [1.29, 1.82) is 0 Å². The lowest BCUT2D eigenvalue weighted by molar-refractivity contribution is -0.126. The number of tetrazole rings is 1. The predicted molar refractivity (Wildman–Crippen MR) is 116 cm³/mol. The van der Waals surface area contributed by atoms with Gasteiger partial charge in [0.05, 0.1) is 25.3 Å². The Kier molecular flexibility index (Phi) is 9.54. The van der Waals surface area contributed by atoms with Crippen LogP contribution in [0.5, 0.6) is 0 Å². The lowest BCUT2D eigenvalue weighted by Gasteiger charge is -2.23. The van der Waals surface area contributed by atoms with Crippen LogP contribution in [0.15, 0.2) is 30.3 Å². The average Bonchev–Trinajstić information content (AvgIpc) is 3.20. The van der Waals surface area contributed by atoms with Gasteiger partial charge in [0.1, 0.15) is 6.04 Å². The van der Waals surface area contributed by atoms with Crippen LogP contribution in [0, 0.1) is 0 Å². The van der Waals surface area contributed by atoms with Crippen molar-refractivity contribution in [2.45, 2.75) is 64.8 Å². The SMILES string of the molecule is CCCCNC(=O)CCn1nnnc1[C@@H](COCc1ccccc1)NC(=O)C(C)(C)N. The standard InChI is InChI=1S/C21H33N7O3/c1-4-5-12-23-18(29)11-13-28-19(25-26-27-28)17(24-20(30)21(2,3)22)15-31-14-16-9-7-6-8-10-16/h6-10,17H,4-5,11-15,22H2,1-3H3,(H,23,29)(H,24,30)/t17-/m1/s1. The maximum atomic E-state index is 12.5.